The lowest BCUT2D eigenvalue weighted by Crippen LogP contribution is -2.29. The predicted molar refractivity (Wildman–Crippen MR) is 120 cm³/mol. The molecule has 0 unspecified atom stereocenters. The molecule has 0 aromatic carbocycles. The third-order valence-electron chi connectivity index (χ3n) is 5.58. The van der Waals surface area contributed by atoms with Crippen LogP contribution in [0.4, 0.5) is 5.13 Å². The predicted octanol–water partition coefficient (Wildman–Crippen LogP) is 4.48. The summed E-state index contributed by atoms with van der Waals surface area (Å²) in [5.41, 5.74) is 2.36. The van der Waals surface area contributed by atoms with Crippen molar-refractivity contribution in [2.75, 3.05) is 5.32 Å². The molecule has 0 saturated heterocycles. The van der Waals surface area contributed by atoms with Gasteiger partial charge in [0, 0.05) is 18.5 Å². The number of ether oxygens (including phenoxy) is 1. The van der Waals surface area contributed by atoms with Gasteiger partial charge in [-0.3, -0.25) is 4.79 Å². The smallest absolute Gasteiger partial charge is 0.306 e. The first-order chi connectivity index (χ1) is 15.5. The lowest BCUT2D eigenvalue weighted by atomic mass is 9.87. The average molecular weight is 458 g/mol. The van der Waals surface area contributed by atoms with Crippen LogP contribution in [-0.2, 0) is 17.8 Å². The van der Waals surface area contributed by atoms with Crippen molar-refractivity contribution in [3.63, 3.8) is 0 Å². The van der Waals surface area contributed by atoms with Crippen LogP contribution in [0.1, 0.15) is 55.3 Å². The molecule has 10 heteroatoms. The minimum Gasteiger partial charge on any atom is -0.489 e. The van der Waals surface area contributed by atoms with Gasteiger partial charge in [-0.05, 0) is 51.2 Å². The second-order valence-corrected chi connectivity index (χ2v) is 9.06. The highest BCUT2D eigenvalue weighted by atomic mass is 32.1. The van der Waals surface area contributed by atoms with Crippen LogP contribution in [0, 0.1) is 12.8 Å². The fraction of sp³-hybridized carbons (Fsp3) is 0.500. The fourth-order valence-corrected chi connectivity index (χ4v) is 4.69. The number of carboxylic acid groups (broad SMARTS) is 1. The van der Waals surface area contributed by atoms with E-state index in [0.29, 0.717) is 36.6 Å². The van der Waals surface area contributed by atoms with Gasteiger partial charge in [-0.25, -0.2) is 4.98 Å². The van der Waals surface area contributed by atoms with E-state index in [1.54, 1.807) is 17.5 Å². The zero-order chi connectivity index (χ0) is 22.5. The van der Waals surface area contributed by atoms with Gasteiger partial charge < -0.3 is 19.7 Å². The van der Waals surface area contributed by atoms with Crippen molar-refractivity contribution >= 4 is 22.4 Å². The third-order valence-corrected chi connectivity index (χ3v) is 6.52. The Hall–Kier alpha value is -3.01. The van der Waals surface area contributed by atoms with E-state index >= 15 is 0 Å². The Labute approximate surface area is 190 Å². The second kappa shape index (κ2) is 10.1. The molecule has 2 atom stereocenters. The SMILES string of the molecule is CCCc1nnc(NCc2c(C)noc2-c2ccc(O[C@H]3CCC[C@H](C(=O)O)C3)cn2)s1. The zero-order valence-corrected chi connectivity index (χ0v) is 19.0. The number of aromatic nitrogens is 4. The molecule has 9 nitrogen and oxygen atoms in total. The number of rotatable bonds is 9. The van der Waals surface area contributed by atoms with Crippen molar-refractivity contribution < 1.29 is 19.2 Å². The molecule has 3 aromatic rings. The monoisotopic (exact) mass is 457 g/mol. The van der Waals surface area contributed by atoms with Crippen molar-refractivity contribution in [2.24, 2.45) is 5.92 Å². The van der Waals surface area contributed by atoms with Crippen molar-refractivity contribution in [1.29, 1.82) is 0 Å². The normalized spacial score (nSPS) is 18.4. The average Bonchev–Trinajstić information content (AvgIpc) is 3.39. The van der Waals surface area contributed by atoms with E-state index in [2.05, 4.69) is 32.6 Å². The van der Waals surface area contributed by atoms with Crippen LogP contribution >= 0.6 is 11.3 Å². The molecule has 32 heavy (non-hydrogen) atoms. The maximum Gasteiger partial charge on any atom is 0.306 e. The summed E-state index contributed by atoms with van der Waals surface area (Å²) < 4.78 is 11.5. The maximum atomic E-state index is 11.3. The van der Waals surface area contributed by atoms with Gasteiger partial charge in [-0.2, -0.15) is 0 Å². The van der Waals surface area contributed by atoms with E-state index in [0.717, 1.165) is 47.1 Å². The van der Waals surface area contributed by atoms with Gasteiger partial charge in [0.25, 0.3) is 0 Å². The van der Waals surface area contributed by atoms with E-state index in [1.165, 1.54) is 0 Å². The summed E-state index contributed by atoms with van der Waals surface area (Å²) in [7, 11) is 0. The first-order valence-corrected chi connectivity index (χ1v) is 11.7. The molecule has 0 bridgehead atoms. The molecule has 0 spiro atoms. The molecular formula is C22H27N5O4S. The summed E-state index contributed by atoms with van der Waals surface area (Å²) in [5, 5.41) is 26.8. The topological polar surface area (TPSA) is 123 Å². The number of carbonyl (C=O) groups is 1. The maximum absolute atomic E-state index is 11.3. The number of nitrogens with zero attached hydrogens (tertiary/aromatic N) is 4. The Morgan fingerprint density at radius 3 is 2.97 bits per heavy atom. The number of anilines is 1. The van der Waals surface area contributed by atoms with Crippen LogP contribution in [0.2, 0.25) is 0 Å². The van der Waals surface area contributed by atoms with Crippen LogP contribution < -0.4 is 10.1 Å². The first kappa shape index (κ1) is 22.2. The van der Waals surface area contributed by atoms with Crippen molar-refractivity contribution in [2.45, 2.75) is 65.0 Å². The summed E-state index contributed by atoms with van der Waals surface area (Å²) in [5.74, 6) is 0.143. The zero-order valence-electron chi connectivity index (χ0n) is 18.2. The fourth-order valence-electron chi connectivity index (χ4n) is 3.86. The third kappa shape index (κ3) is 5.24. The molecule has 4 rings (SSSR count). The molecule has 0 amide bonds. The molecule has 0 aliphatic heterocycles. The van der Waals surface area contributed by atoms with Gasteiger partial charge in [0.1, 0.15) is 16.5 Å². The number of aryl methyl sites for hydroxylation is 2. The van der Waals surface area contributed by atoms with E-state index in [-0.39, 0.29) is 12.0 Å². The highest BCUT2D eigenvalue weighted by Gasteiger charge is 2.28. The molecule has 1 aliphatic carbocycles. The Morgan fingerprint density at radius 1 is 1.34 bits per heavy atom. The van der Waals surface area contributed by atoms with Gasteiger partial charge in [0.15, 0.2) is 5.76 Å². The second-order valence-electron chi connectivity index (χ2n) is 8.00. The quantitative estimate of drug-likeness (QED) is 0.478. The van der Waals surface area contributed by atoms with E-state index in [4.69, 9.17) is 9.26 Å². The molecule has 1 fully saturated rings. The molecule has 0 radical (unpaired) electrons. The molecular weight excluding hydrogens is 430 g/mol. The van der Waals surface area contributed by atoms with Crippen molar-refractivity contribution in [3.05, 3.63) is 34.6 Å². The van der Waals surface area contributed by atoms with Gasteiger partial charge in [-0.1, -0.05) is 23.4 Å². The first-order valence-electron chi connectivity index (χ1n) is 10.9. The van der Waals surface area contributed by atoms with Crippen molar-refractivity contribution in [3.8, 4) is 17.2 Å². The molecule has 2 N–H and O–H groups in total. The number of nitrogens with one attached hydrogen (secondary N) is 1. The Bertz CT molecular complexity index is 1050. The summed E-state index contributed by atoms with van der Waals surface area (Å²) in [6, 6.07) is 3.67. The lowest BCUT2D eigenvalue weighted by molar-refractivity contribution is -0.143. The van der Waals surface area contributed by atoms with Crippen LogP contribution in [0.25, 0.3) is 11.5 Å². The molecule has 170 valence electrons. The highest BCUT2D eigenvalue weighted by molar-refractivity contribution is 7.15. The van der Waals surface area contributed by atoms with Crippen LogP contribution in [0.3, 0.4) is 0 Å². The standard InChI is InChI=1S/C22H27N5O4S/c1-3-5-19-25-26-22(32-19)24-12-17-13(2)27-31-20(17)18-9-8-16(11-23-18)30-15-7-4-6-14(10-15)21(28)29/h8-9,11,14-15H,3-7,10,12H2,1-2H3,(H,24,26)(H,28,29)/t14-,15-/m0/s1. The largest absolute Gasteiger partial charge is 0.489 e. The molecule has 1 aliphatic rings. The van der Waals surface area contributed by atoms with Crippen LogP contribution in [0.15, 0.2) is 22.9 Å². The highest BCUT2D eigenvalue weighted by Crippen LogP contribution is 2.30. The minimum absolute atomic E-state index is 0.103. The number of pyridine rings is 1. The van der Waals surface area contributed by atoms with Gasteiger partial charge in [0.05, 0.1) is 23.9 Å². The number of hydrogen-bond acceptors (Lipinski definition) is 9. The van der Waals surface area contributed by atoms with E-state index in [9.17, 15) is 9.90 Å². The Kier molecular flexibility index (Phi) is 6.99. The van der Waals surface area contributed by atoms with E-state index in [1.807, 2.05) is 19.1 Å². The molecule has 3 heterocycles. The Morgan fingerprint density at radius 2 is 2.22 bits per heavy atom. The molecule has 3 aromatic heterocycles. The number of carboxylic acids is 1. The molecule has 1 saturated carbocycles. The van der Waals surface area contributed by atoms with E-state index < -0.39 is 5.97 Å². The Balaban J connectivity index is 1.41. The summed E-state index contributed by atoms with van der Waals surface area (Å²) in [4.78, 5) is 15.8. The lowest BCUT2D eigenvalue weighted by Gasteiger charge is -2.27. The summed E-state index contributed by atoms with van der Waals surface area (Å²) in [6.07, 6.45) is 6.46. The summed E-state index contributed by atoms with van der Waals surface area (Å²) >= 11 is 1.55. The van der Waals surface area contributed by atoms with Gasteiger partial charge in [-0.15, -0.1) is 10.2 Å². The van der Waals surface area contributed by atoms with Crippen molar-refractivity contribution in [1.82, 2.24) is 20.3 Å². The number of hydrogen-bond donors (Lipinski definition) is 2. The minimum atomic E-state index is -0.747. The van der Waals surface area contributed by atoms with Crippen LogP contribution in [0.5, 0.6) is 5.75 Å². The van der Waals surface area contributed by atoms with Gasteiger partial charge in [0.2, 0.25) is 5.13 Å². The number of aliphatic carboxylic acids is 1. The summed E-state index contributed by atoms with van der Waals surface area (Å²) in [6.45, 7) is 4.52. The van der Waals surface area contributed by atoms with Gasteiger partial charge >= 0.3 is 5.97 Å². The van der Waals surface area contributed by atoms with Crippen LogP contribution in [-0.4, -0.2) is 37.5 Å².